The second-order valence-corrected chi connectivity index (χ2v) is 10.5. The molecule has 0 N–H and O–H groups in total. The van der Waals surface area contributed by atoms with Crippen LogP contribution in [0.2, 0.25) is 0 Å². The van der Waals surface area contributed by atoms with Crippen molar-refractivity contribution in [2.75, 3.05) is 13.2 Å². The van der Waals surface area contributed by atoms with Crippen LogP contribution in [0.25, 0.3) is 0 Å². The molecule has 11 nitrogen and oxygen atoms in total. The maximum atomic E-state index is 11.2. The van der Waals surface area contributed by atoms with E-state index in [1.54, 1.807) is 13.8 Å². The summed E-state index contributed by atoms with van der Waals surface area (Å²) in [4.78, 5) is 11.2. The number of fused-ring (bicyclic) bond motifs is 2. The van der Waals surface area contributed by atoms with Gasteiger partial charge in [0.25, 0.3) is 0 Å². The molecule has 0 radical (unpaired) electrons. The number of halogens is 1. The molecule has 0 bridgehead atoms. The monoisotopic (exact) mass is 494 g/mol. The van der Waals surface area contributed by atoms with E-state index in [4.69, 9.17) is 59.0 Å². The van der Waals surface area contributed by atoms with Crippen LogP contribution in [-0.4, -0.2) is 91.3 Å². The first kappa shape index (κ1) is 24.1. The first-order valence-electron chi connectivity index (χ1n) is 11.1. The molecule has 5 rings (SSSR count). The van der Waals surface area contributed by atoms with Gasteiger partial charge in [-0.3, -0.25) is 0 Å². The Kier molecular flexibility index (Phi) is 6.01. The fourth-order valence-corrected chi connectivity index (χ4v) is 5.09. The fraction of sp³-hybridized carbons (Fsp3) is 0.952. The van der Waals surface area contributed by atoms with Crippen LogP contribution in [0, 0.1) is 0 Å². The van der Waals surface area contributed by atoms with Crippen LogP contribution < -0.4 is 0 Å². The van der Waals surface area contributed by atoms with Crippen molar-refractivity contribution in [3.63, 3.8) is 0 Å². The maximum Gasteiger partial charge on any atom is 0.403 e. The van der Waals surface area contributed by atoms with E-state index in [0.717, 1.165) is 0 Å². The third kappa shape index (κ3) is 4.77. The fourth-order valence-electron chi connectivity index (χ4n) is 5.03. The van der Waals surface area contributed by atoms with Gasteiger partial charge >= 0.3 is 5.43 Å². The minimum atomic E-state index is -0.941. The van der Waals surface area contributed by atoms with E-state index < -0.39 is 72.0 Å². The third-order valence-electron chi connectivity index (χ3n) is 6.18. The third-order valence-corrected chi connectivity index (χ3v) is 6.29. The zero-order chi connectivity index (χ0) is 23.8. The molecule has 5 fully saturated rings. The van der Waals surface area contributed by atoms with Crippen molar-refractivity contribution in [2.45, 2.75) is 114 Å². The highest BCUT2D eigenvalue weighted by atomic mass is 35.5. The van der Waals surface area contributed by atoms with Gasteiger partial charge in [-0.25, -0.2) is 4.79 Å². The van der Waals surface area contributed by atoms with Gasteiger partial charge < -0.3 is 47.4 Å². The summed E-state index contributed by atoms with van der Waals surface area (Å²) >= 11 is 5.35. The molecule has 3 unspecified atom stereocenters. The molecule has 12 heteroatoms. The Morgan fingerprint density at radius 2 is 1.52 bits per heavy atom. The maximum absolute atomic E-state index is 11.2. The summed E-state index contributed by atoms with van der Waals surface area (Å²) in [5.41, 5.74) is -0.941. The normalized spacial score (nSPS) is 46.9. The van der Waals surface area contributed by atoms with Gasteiger partial charge in [0.1, 0.15) is 49.3 Å². The summed E-state index contributed by atoms with van der Waals surface area (Å²) in [5, 5.41) is 0. The van der Waals surface area contributed by atoms with Gasteiger partial charge in [-0.2, -0.15) is 0 Å². The standard InChI is InChI=1S/C21H31ClO11/c1-19(2)25-8-10(29-19)12-13-15(32-20(3,4)30-13)16(28-12)27-11-9(7-24-18(22)23)26-17-14(11)31-21(5,6)33-17/h9-17H,7-8H2,1-6H3/t9-,10?,11+,12-,13+,14-,15+,16?,17?/m1/s1. The smallest absolute Gasteiger partial charge is 0.403 e. The van der Waals surface area contributed by atoms with Crippen molar-refractivity contribution in [3.8, 4) is 0 Å². The summed E-state index contributed by atoms with van der Waals surface area (Å²) in [5.74, 6) is -2.41. The van der Waals surface area contributed by atoms with Crippen LogP contribution in [0.5, 0.6) is 0 Å². The first-order valence-corrected chi connectivity index (χ1v) is 11.5. The Labute approximate surface area is 197 Å². The second kappa shape index (κ2) is 8.22. The topological polar surface area (TPSA) is 109 Å². The lowest BCUT2D eigenvalue weighted by Crippen LogP contribution is -2.44. The molecule has 5 saturated heterocycles. The quantitative estimate of drug-likeness (QED) is 0.523. The minimum absolute atomic E-state index is 0.131. The molecule has 9 atom stereocenters. The molecule has 5 aliphatic rings. The lowest BCUT2D eigenvalue weighted by molar-refractivity contribution is -0.275. The molecule has 0 aliphatic carbocycles. The molecule has 0 aromatic rings. The Bertz CT molecular complexity index is 773. The van der Waals surface area contributed by atoms with Crippen LogP contribution in [0.1, 0.15) is 41.5 Å². The predicted octanol–water partition coefficient (Wildman–Crippen LogP) is 2.02. The zero-order valence-electron chi connectivity index (χ0n) is 19.5. The lowest BCUT2D eigenvalue weighted by Gasteiger charge is -2.30. The Hall–Kier alpha value is -0.600. The van der Waals surface area contributed by atoms with Crippen molar-refractivity contribution < 1.29 is 52.2 Å². The number of hydrogen-bond donors (Lipinski definition) is 0. The molecule has 0 aromatic heterocycles. The summed E-state index contributed by atoms with van der Waals surface area (Å²) < 4.78 is 59.4. The average Bonchev–Trinajstić information content (AvgIpc) is 3.42. The van der Waals surface area contributed by atoms with E-state index in [2.05, 4.69) is 0 Å². The zero-order valence-corrected chi connectivity index (χ0v) is 20.2. The van der Waals surface area contributed by atoms with E-state index in [0.29, 0.717) is 6.61 Å². The Balaban J connectivity index is 1.35. The van der Waals surface area contributed by atoms with E-state index in [9.17, 15) is 4.79 Å². The molecule has 5 aliphatic heterocycles. The van der Waals surface area contributed by atoms with Crippen molar-refractivity contribution in [1.82, 2.24) is 0 Å². The van der Waals surface area contributed by atoms with Crippen LogP contribution in [0.3, 0.4) is 0 Å². The number of carbonyl (C=O) groups is 1. The molecule has 0 saturated carbocycles. The van der Waals surface area contributed by atoms with E-state index >= 15 is 0 Å². The highest BCUT2D eigenvalue weighted by molar-refractivity contribution is 6.61. The highest BCUT2D eigenvalue weighted by Crippen LogP contribution is 2.45. The summed E-state index contributed by atoms with van der Waals surface area (Å²) in [6.07, 6.45) is -5.22. The van der Waals surface area contributed by atoms with Crippen LogP contribution in [-0.2, 0) is 47.4 Å². The number of rotatable bonds is 5. The van der Waals surface area contributed by atoms with Gasteiger partial charge in [0.05, 0.1) is 6.61 Å². The molecular formula is C21H31ClO11. The molecule has 0 spiro atoms. The van der Waals surface area contributed by atoms with Crippen molar-refractivity contribution in [1.29, 1.82) is 0 Å². The molecule has 0 aromatic carbocycles. The van der Waals surface area contributed by atoms with Crippen molar-refractivity contribution in [2.24, 2.45) is 0 Å². The lowest BCUT2D eigenvalue weighted by atomic mass is 10.1. The number of ether oxygens (including phenoxy) is 10. The van der Waals surface area contributed by atoms with Gasteiger partial charge in [-0.15, -0.1) is 0 Å². The molecule has 0 amide bonds. The van der Waals surface area contributed by atoms with Gasteiger partial charge in [-0.05, 0) is 41.5 Å². The van der Waals surface area contributed by atoms with Crippen LogP contribution in [0.15, 0.2) is 0 Å². The van der Waals surface area contributed by atoms with Crippen molar-refractivity contribution >= 4 is 17.0 Å². The summed E-state index contributed by atoms with van der Waals surface area (Å²) in [6.45, 7) is 11.2. The summed E-state index contributed by atoms with van der Waals surface area (Å²) in [7, 11) is 0. The first-order chi connectivity index (χ1) is 15.3. The SMILES string of the molecule is CC1(C)OCC([C@H]2OC(O[C@H]3[C@@H](COC(=O)Cl)OC4OC(C)(C)O[C@@H]43)[C@H]3OC(C)(C)O[C@@H]23)O1. The highest BCUT2D eigenvalue weighted by Gasteiger charge is 2.62. The van der Waals surface area contributed by atoms with E-state index in [1.807, 2.05) is 27.7 Å². The molecule has 5 heterocycles. The molecular weight excluding hydrogens is 464 g/mol. The van der Waals surface area contributed by atoms with Gasteiger partial charge in [-0.1, -0.05) is 0 Å². The van der Waals surface area contributed by atoms with Gasteiger partial charge in [0.15, 0.2) is 29.9 Å². The second-order valence-electron chi connectivity index (χ2n) is 10.2. The van der Waals surface area contributed by atoms with Gasteiger partial charge in [0, 0.05) is 11.6 Å². The van der Waals surface area contributed by atoms with Crippen LogP contribution in [0.4, 0.5) is 4.79 Å². The summed E-state index contributed by atoms with van der Waals surface area (Å²) in [6, 6.07) is 0. The largest absolute Gasteiger partial charge is 0.451 e. The molecule has 33 heavy (non-hydrogen) atoms. The Morgan fingerprint density at radius 1 is 0.848 bits per heavy atom. The number of hydrogen-bond acceptors (Lipinski definition) is 11. The predicted molar refractivity (Wildman–Crippen MR) is 108 cm³/mol. The van der Waals surface area contributed by atoms with Gasteiger partial charge in [0.2, 0.25) is 0 Å². The average molecular weight is 495 g/mol. The Morgan fingerprint density at radius 3 is 2.18 bits per heavy atom. The van der Waals surface area contributed by atoms with Crippen LogP contribution >= 0.6 is 11.6 Å². The van der Waals surface area contributed by atoms with Crippen molar-refractivity contribution in [3.05, 3.63) is 0 Å². The number of carbonyl (C=O) groups excluding carboxylic acids is 1. The van der Waals surface area contributed by atoms with E-state index in [1.165, 1.54) is 0 Å². The van der Waals surface area contributed by atoms with E-state index in [-0.39, 0.29) is 12.7 Å². The minimum Gasteiger partial charge on any atom is -0.451 e. The molecule has 188 valence electrons.